The van der Waals surface area contributed by atoms with Crippen LogP contribution in [0.3, 0.4) is 0 Å². The molecule has 0 atom stereocenters. The maximum Gasteiger partial charge on any atom is 0.0471 e. The SMILES string of the molecule is CC1(CNCC2CCCCCCC2)CCOCC1. The van der Waals surface area contributed by atoms with Gasteiger partial charge in [0.1, 0.15) is 0 Å². The summed E-state index contributed by atoms with van der Waals surface area (Å²) in [6.07, 6.45) is 12.7. The van der Waals surface area contributed by atoms with Crippen LogP contribution in [-0.4, -0.2) is 26.3 Å². The second-order valence-electron chi connectivity index (χ2n) is 6.77. The van der Waals surface area contributed by atoms with E-state index in [0.717, 1.165) is 19.1 Å². The van der Waals surface area contributed by atoms with Gasteiger partial charge in [0, 0.05) is 19.8 Å². The number of ether oxygens (including phenoxy) is 1. The number of nitrogens with one attached hydrogen (secondary N) is 1. The van der Waals surface area contributed by atoms with Crippen molar-refractivity contribution < 1.29 is 4.74 Å². The van der Waals surface area contributed by atoms with Crippen molar-refractivity contribution in [2.45, 2.75) is 64.7 Å². The van der Waals surface area contributed by atoms with Gasteiger partial charge in [0.2, 0.25) is 0 Å². The maximum atomic E-state index is 5.46. The van der Waals surface area contributed by atoms with Gasteiger partial charge >= 0.3 is 0 Å². The molecule has 0 aromatic carbocycles. The van der Waals surface area contributed by atoms with E-state index < -0.39 is 0 Å². The molecule has 2 aliphatic rings. The smallest absolute Gasteiger partial charge is 0.0471 e. The van der Waals surface area contributed by atoms with Gasteiger partial charge in [-0.15, -0.1) is 0 Å². The molecule has 2 fully saturated rings. The lowest BCUT2D eigenvalue weighted by molar-refractivity contribution is 0.0237. The maximum absolute atomic E-state index is 5.46. The molecule has 2 nitrogen and oxygen atoms in total. The topological polar surface area (TPSA) is 21.3 Å². The van der Waals surface area contributed by atoms with Crippen molar-refractivity contribution in [2.24, 2.45) is 11.3 Å². The summed E-state index contributed by atoms with van der Waals surface area (Å²) in [4.78, 5) is 0. The monoisotopic (exact) mass is 253 g/mol. The molecule has 1 saturated heterocycles. The van der Waals surface area contributed by atoms with E-state index in [-0.39, 0.29) is 0 Å². The Balaban J connectivity index is 1.63. The van der Waals surface area contributed by atoms with E-state index in [1.54, 1.807) is 0 Å². The first-order valence-electron chi connectivity index (χ1n) is 8.07. The van der Waals surface area contributed by atoms with Gasteiger partial charge in [-0.3, -0.25) is 0 Å². The van der Waals surface area contributed by atoms with Gasteiger partial charge in [0.05, 0.1) is 0 Å². The first-order valence-corrected chi connectivity index (χ1v) is 8.07. The summed E-state index contributed by atoms with van der Waals surface area (Å²) in [6, 6.07) is 0. The molecule has 0 bridgehead atoms. The molecule has 0 radical (unpaired) electrons. The third kappa shape index (κ3) is 4.89. The first-order chi connectivity index (χ1) is 8.79. The average molecular weight is 253 g/mol. The molecule has 0 spiro atoms. The zero-order chi connectivity index (χ0) is 12.7. The standard InChI is InChI=1S/C16H31NO/c1-16(9-11-18-12-10-16)14-17-13-15-7-5-3-2-4-6-8-15/h15,17H,2-14H2,1H3. The number of hydrogen-bond acceptors (Lipinski definition) is 2. The molecule has 2 heteroatoms. The summed E-state index contributed by atoms with van der Waals surface area (Å²) >= 11 is 0. The third-order valence-electron chi connectivity index (χ3n) is 4.91. The van der Waals surface area contributed by atoms with Crippen LogP contribution in [0.4, 0.5) is 0 Å². The van der Waals surface area contributed by atoms with E-state index in [1.165, 1.54) is 70.9 Å². The Hall–Kier alpha value is -0.0800. The third-order valence-corrected chi connectivity index (χ3v) is 4.91. The van der Waals surface area contributed by atoms with E-state index in [1.807, 2.05) is 0 Å². The molecule has 18 heavy (non-hydrogen) atoms. The molecule has 1 aliphatic heterocycles. The fourth-order valence-electron chi connectivity index (χ4n) is 3.36. The van der Waals surface area contributed by atoms with Crippen molar-refractivity contribution in [1.29, 1.82) is 0 Å². The zero-order valence-electron chi connectivity index (χ0n) is 12.2. The Kier molecular flexibility index (Phi) is 5.97. The van der Waals surface area contributed by atoms with Gasteiger partial charge in [-0.25, -0.2) is 0 Å². The van der Waals surface area contributed by atoms with Crippen LogP contribution in [0.25, 0.3) is 0 Å². The minimum atomic E-state index is 0.486. The molecule has 1 heterocycles. The van der Waals surface area contributed by atoms with Gasteiger partial charge in [-0.2, -0.15) is 0 Å². The molecule has 1 aliphatic carbocycles. The average Bonchev–Trinajstić information content (AvgIpc) is 2.32. The molecule has 1 N–H and O–H groups in total. The van der Waals surface area contributed by atoms with Crippen molar-refractivity contribution in [2.75, 3.05) is 26.3 Å². The second-order valence-corrected chi connectivity index (χ2v) is 6.77. The Labute approximate surface area is 113 Å². The quantitative estimate of drug-likeness (QED) is 0.824. The lowest BCUT2D eigenvalue weighted by Crippen LogP contribution is -2.38. The van der Waals surface area contributed by atoms with Crippen LogP contribution in [0.15, 0.2) is 0 Å². The molecule has 0 aromatic rings. The van der Waals surface area contributed by atoms with Crippen LogP contribution in [-0.2, 0) is 4.74 Å². The summed E-state index contributed by atoms with van der Waals surface area (Å²) in [5.74, 6) is 0.939. The van der Waals surface area contributed by atoms with Crippen molar-refractivity contribution in [3.63, 3.8) is 0 Å². The van der Waals surface area contributed by atoms with Crippen molar-refractivity contribution in [3.05, 3.63) is 0 Å². The highest BCUT2D eigenvalue weighted by molar-refractivity contribution is 4.80. The van der Waals surface area contributed by atoms with Crippen LogP contribution >= 0.6 is 0 Å². The summed E-state index contributed by atoms with van der Waals surface area (Å²) in [6.45, 7) is 6.77. The molecule has 0 amide bonds. The Bertz CT molecular complexity index is 215. The zero-order valence-corrected chi connectivity index (χ0v) is 12.2. The second kappa shape index (κ2) is 7.49. The summed E-state index contributed by atoms with van der Waals surface area (Å²) < 4.78 is 5.46. The van der Waals surface area contributed by atoms with Crippen molar-refractivity contribution in [3.8, 4) is 0 Å². The Morgan fingerprint density at radius 3 is 2.28 bits per heavy atom. The molecule has 0 aromatic heterocycles. The number of hydrogen-bond donors (Lipinski definition) is 1. The normalized spacial score (nSPS) is 26.5. The van der Waals surface area contributed by atoms with Gasteiger partial charge in [-0.1, -0.05) is 39.0 Å². The Morgan fingerprint density at radius 2 is 1.61 bits per heavy atom. The minimum Gasteiger partial charge on any atom is -0.381 e. The van der Waals surface area contributed by atoms with Crippen LogP contribution in [0, 0.1) is 11.3 Å². The molecular weight excluding hydrogens is 222 g/mol. The molecule has 2 rings (SSSR count). The number of rotatable bonds is 4. The molecular formula is C16H31NO. The molecule has 0 unspecified atom stereocenters. The van der Waals surface area contributed by atoms with Crippen LogP contribution in [0.1, 0.15) is 64.7 Å². The van der Waals surface area contributed by atoms with Crippen LogP contribution in [0.5, 0.6) is 0 Å². The van der Waals surface area contributed by atoms with Crippen LogP contribution in [0.2, 0.25) is 0 Å². The molecule has 1 saturated carbocycles. The van der Waals surface area contributed by atoms with Gasteiger partial charge < -0.3 is 10.1 Å². The summed E-state index contributed by atoms with van der Waals surface area (Å²) in [5, 5.41) is 3.76. The molecule has 106 valence electrons. The lowest BCUT2D eigenvalue weighted by atomic mass is 9.82. The van der Waals surface area contributed by atoms with Gasteiger partial charge in [0.25, 0.3) is 0 Å². The van der Waals surface area contributed by atoms with E-state index in [0.29, 0.717) is 5.41 Å². The highest BCUT2D eigenvalue weighted by Crippen LogP contribution is 2.29. The fraction of sp³-hybridized carbons (Fsp3) is 1.00. The predicted octanol–water partition coefficient (Wildman–Crippen LogP) is 3.75. The summed E-state index contributed by atoms with van der Waals surface area (Å²) in [7, 11) is 0. The Morgan fingerprint density at radius 1 is 1.00 bits per heavy atom. The first kappa shape index (κ1) is 14.3. The highest BCUT2D eigenvalue weighted by atomic mass is 16.5. The van der Waals surface area contributed by atoms with Gasteiger partial charge in [-0.05, 0) is 43.6 Å². The van der Waals surface area contributed by atoms with Crippen molar-refractivity contribution >= 4 is 0 Å². The van der Waals surface area contributed by atoms with Gasteiger partial charge in [0.15, 0.2) is 0 Å². The van der Waals surface area contributed by atoms with Crippen molar-refractivity contribution in [1.82, 2.24) is 5.32 Å². The van der Waals surface area contributed by atoms with E-state index in [2.05, 4.69) is 12.2 Å². The van der Waals surface area contributed by atoms with E-state index >= 15 is 0 Å². The largest absolute Gasteiger partial charge is 0.381 e. The lowest BCUT2D eigenvalue weighted by Gasteiger charge is -2.34. The predicted molar refractivity (Wildman–Crippen MR) is 76.8 cm³/mol. The van der Waals surface area contributed by atoms with E-state index in [4.69, 9.17) is 4.74 Å². The van der Waals surface area contributed by atoms with E-state index in [9.17, 15) is 0 Å². The highest BCUT2D eigenvalue weighted by Gasteiger charge is 2.27. The fourth-order valence-corrected chi connectivity index (χ4v) is 3.36. The van der Waals surface area contributed by atoms with Crippen LogP contribution < -0.4 is 5.32 Å². The summed E-state index contributed by atoms with van der Waals surface area (Å²) in [5.41, 5.74) is 0.486. The minimum absolute atomic E-state index is 0.486.